The van der Waals surface area contributed by atoms with Crippen LogP contribution in [-0.2, 0) is 18.4 Å². The lowest BCUT2D eigenvalue weighted by Gasteiger charge is -2.35. The fourth-order valence-electron chi connectivity index (χ4n) is 3.59. The van der Waals surface area contributed by atoms with E-state index in [4.69, 9.17) is 0 Å². The van der Waals surface area contributed by atoms with E-state index in [1.54, 1.807) is 30.5 Å². The molecular formula is C19H22N6O3. The van der Waals surface area contributed by atoms with Crippen LogP contribution in [0.1, 0.15) is 27.8 Å². The first-order valence-corrected chi connectivity index (χ1v) is 9.20. The van der Waals surface area contributed by atoms with Gasteiger partial charge in [-0.25, -0.2) is 9.78 Å². The number of carbonyl (C=O) groups excluding carboxylic acids is 3. The lowest BCUT2D eigenvalue weighted by atomic mass is 10.1. The van der Waals surface area contributed by atoms with Crippen molar-refractivity contribution in [3.8, 4) is 0 Å². The van der Waals surface area contributed by atoms with E-state index in [9.17, 15) is 14.4 Å². The van der Waals surface area contributed by atoms with Crippen molar-refractivity contribution >= 4 is 17.8 Å². The molecule has 2 saturated heterocycles. The van der Waals surface area contributed by atoms with Gasteiger partial charge in [0.15, 0.2) is 0 Å². The van der Waals surface area contributed by atoms with Crippen LogP contribution in [0.4, 0.5) is 4.79 Å². The Hall–Kier alpha value is -3.20. The summed E-state index contributed by atoms with van der Waals surface area (Å²) >= 11 is 0. The van der Waals surface area contributed by atoms with E-state index >= 15 is 0 Å². The summed E-state index contributed by atoms with van der Waals surface area (Å²) in [4.78, 5) is 43.9. The summed E-state index contributed by atoms with van der Waals surface area (Å²) in [5, 5.41) is 5.82. The largest absolute Gasteiger partial charge is 0.336 e. The number of amides is 4. The Morgan fingerprint density at radius 1 is 1.25 bits per heavy atom. The van der Waals surface area contributed by atoms with E-state index in [0.29, 0.717) is 18.7 Å². The molecule has 3 heterocycles. The number of nitrogens with one attached hydrogen (secondary N) is 2. The lowest BCUT2D eigenvalue weighted by Crippen LogP contribution is -2.49. The minimum absolute atomic E-state index is 0.0347. The Balaban J connectivity index is 1.50. The molecule has 2 fully saturated rings. The Labute approximate surface area is 162 Å². The maximum atomic E-state index is 13.1. The minimum atomic E-state index is -0.385. The second-order valence-electron chi connectivity index (χ2n) is 6.95. The number of imidazole rings is 1. The van der Waals surface area contributed by atoms with E-state index in [2.05, 4.69) is 15.6 Å². The molecule has 0 aliphatic carbocycles. The lowest BCUT2D eigenvalue weighted by molar-refractivity contribution is -0.125. The van der Waals surface area contributed by atoms with Gasteiger partial charge in [0.2, 0.25) is 5.91 Å². The number of nitrogens with zero attached hydrogens (tertiary/aromatic N) is 4. The summed E-state index contributed by atoms with van der Waals surface area (Å²) in [5.41, 5.74) is 1.37. The molecule has 1 aromatic carbocycles. The Bertz CT molecular complexity index is 891. The molecule has 4 rings (SSSR count). The molecule has 2 aromatic rings. The molecule has 4 amide bonds. The van der Waals surface area contributed by atoms with Gasteiger partial charge < -0.3 is 20.1 Å². The number of imide groups is 1. The van der Waals surface area contributed by atoms with Crippen LogP contribution in [0.15, 0.2) is 36.7 Å². The third-order valence-corrected chi connectivity index (χ3v) is 5.14. The molecule has 1 aromatic heterocycles. The highest BCUT2D eigenvalue weighted by molar-refractivity contribution is 6.01. The van der Waals surface area contributed by atoms with Crippen molar-refractivity contribution in [3.63, 3.8) is 0 Å². The number of urea groups is 1. The zero-order chi connectivity index (χ0) is 19.7. The number of piperazine rings is 1. The van der Waals surface area contributed by atoms with Gasteiger partial charge in [-0.1, -0.05) is 12.1 Å². The summed E-state index contributed by atoms with van der Waals surface area (Å²) in [6.07, 6.45) is 3.61. The molecule has 1 atom stereocenters. The van der Waals surface area contributed by atoms with Crippen molar-refractivity contribution in [1.82, 2.24) is 30.0 Å². The summed E-state index contributed by atoms with van der Waals surface area (Å²) in [6.45, 7) is 2.22. The third kappa shape index (κ3) is 3.36. The predicted octanol–water partition coefficient (Wildman–Crippen LogP) is 0.259. The highest BCUT2D eigenvalue weighted by atomic mass is 16.2. The van der Waals surface area contributed by atoms with Crippen LogP contribution in [0.2, 0.25) is 0 Å². The van der Waals surface area contributed by atoms with Crippen LogP contribution < -0.4 is 10.6 Å². The van der Waals surface area contributed by atoms with E-state index < -0.39 is 0 Å². The predicted molar refractivity (Wildman–Crippen MR) is 100 cm³/mol. The number of carbonyl (C=O) groups is 3. The topological polar surface area (TPSA) is 99.6 Å². The first-order valence-electron chi connectivity index (χ1n) is 9.20. The molecular weight excluding hydrogens is 360 g/mol. The summed E-state index contributed by atoms with van der Waals surface area (Å²) in [5.74, 6) is 0.538. The standard InChI is InChI=1S/C19H22N6O3/c1-23-8-7-21-17(23)15-10-20-6-9-24(15)18(27)14-4-2-13(3-5-14)12-25-16(26)11-22-19(25)28/h2-5,7-8,15,20H,6,9-12H2,1H3,(H,22,28). The van der Waals surface area contributed by atoms with Gasteiger partial charge >= 0.3 is 6.03 Å². The number of aryl methyl sites for hydroxylation is 1. The Kier molecular flexibility index (Phi) is 4.82. The quantitative estimate of drug-likeness (QED) is 0.739. The normalized spacial score (nSPS) is 19.8. The summed E-state index contributed by atoms with van der Waals surface area (Å²) in [6, 6.07) is 6.53. The third-order valence-electron chi connectivity index (χ3n) is 5.14. The van der Waals surface area contributed by atoms with Crippen LogP contribution in [0.25, 0.3) is 0 Å². The van der Waals surface area contributed by atoms with Crippen molar-refractivity contribution in [2.24, 2.45) is 7.05 Å². The van der Waals surface area contributed by atoms with Gasteiger partial charge in [-0.05, 0) is 17.7 Å². The fraction of sp³-hybridized carbons (Fsp3) is 0.368. The highest BCUT2D eigenvalue weighted by Crippen LogP contribution is 2.23. The molecule has 1 unspecified atom stereocenters. The molecule has 9 nitrogen and oxygen atoms in total. The van der Waals surface area contributed by atoms with Gasteiger partial charge in [-0.2, -0.15) is 0 Å². The van der Waals surface area contributed by atoms with Crippen LogP contribution >= 0.6 is 0 Å². The van der Waals surface area contributed by atoms with Crippen LogP contribution in [0, 0.1) is 0 Å². The molecule has 0 saturated carbocycles. The zero-order valence-electron chi connectivity index (χ0n) is 15.6. The molecule has 9 heteroatoms. The second kappa shape index (κ2) is 7.43. The Morgan fingerprint density at radius 3 is 2.68 bits per heavy atom. The maximum Gasteiger partial charge on any atom is 0.324 e. The van der Waals surface area contributed by atoms with Crippen molar-refractivity contribution in [3.05, 3.63) is 53.6 Å². The number of benzene rings is 1. The number of hydrogen-bond acceptors (Lipinski definition) is 5. The number of hydrogen-bond donors (Lipinski definition) is 2. The number of aromatic nitrogens is 2. The maximum absolute atomic E-state index is 13.1. The van der Waals surface area contributed by atoms with E-state index in [1.165, 1.54) is 4.90 Å². The molecule has 146 valence electrons. The van der Waals surface area contributed by atoms with Crippen LogP contribution in [0.3, 0.4) is 0 Å². The molecule has 0 bridgehead atoms. The summed E-state index contributed by atoms with van der Waals surface area (Å²) < 4.78 is 1.93. The average Bonchev–Trinajstić information content (AvgIpc) is 3.28. The van der Waals surface area contributed by atoms with Gasteiger partial charge in [0.25, 0.3) is 5.91 Å². The minimum Gasteiger partial charge on any atom is -0.336 e. The summed E-state index contributed by atoms with van der Waals surface area (Å²) in [7, 11) is 1.92. The molecule has 2 aliphatic heterocycles. The molecule has 2 aliphatic rings. The second-order valence-corrected chi connectivity index (χ2v) is 6.95. The van der Waals surface area contributed by atoms with Gasteiger partial charge in [0.1, 0.15) is 11.9 Å². The zero-order valence-corrected chi connectivity index (χ0v) is 15.6. The molecule has 0 radical (unpaired) electrons. The molecule has 0 spiro atoms. The van der Waals surface area contributed by atoms with Crippen molar-refractivity contribution in [2.45, 2.75) is 12.6 Å². The number of rotatable bonds is 4. The molecule has 28 heavy (non-hydrogen) atoms. The van der Waals surface area contributed by atoms with Gasteiger partial charge in [-0.15, -0.1) is 0 Å². The molecule has 2 N–H and O–H groups in total. The fourth-order valence-corrected chi connectivity index (χ4v) is 3.59. The van der Waals surface area contributed by atoms with E-state index in [0.717, 1.165) is 17.9 Å². The SMILES string of the molecule is Cn1ccnc1C1CNCCN1C(=O)c1ccc(CN2C(=O)CNC2=O)cc1. The van der Waals surface area contributed by atoms with Gasteiger partial charge in [0, 0.05) is 44.6 Å². The monoisotopic (exact) mass is 382 g/mol. The van der Waals surface area contributed by atoms with E-state index in [1.807, 2.05) is 22.7 Å². The van der Waals surface area contributed by atoms with Crippen molar-refractivity contribution in [2.75, 3.05) is 26.2 Å². The van der Waals surface area contributed by atoms with Crippen molar-refractivity contribution in [1.29, 1.82) is 0 Å². The van der Waals surface area contributed by atoms with Gasteiger partial charge in [0.05, 0.1) is 13.1 Å². The highest BCUT2D eigenvalue weighted by Gasteiger charge is 2.31. The first-order chi connectivity index (χ1) is 13.5. The van der Waals surface area contributed by atoms with E-state index in [-0.39, 0.29) is 37.0 Å². The van der Waals surface area contributed by atoms with Crippen molar-refractivity contribution < 1.29 is 14.4 Å². The first kappa shape index (κ1) is 18.2. The average molecular weight is 382 g/mol. The van der Waals surface area contributed by atoms with Crippen LogP contribution in [-0.4, -0.2) is 63.4 Å². The Morgan fingerprint density at radius 2 is 2.04 bits per heavy atom. The van der Waals surface area contributed by atoms with Gasteiger partial charge in [-0.3, -0.25) is 14.5 Å². The smallest absolute Gasteiger partial charge is 0.324 e. The van der Waals surface area contributed by atoms with Crippen LogP contribution in [0.5, 0.6) is 0 Å².